The summed E-state index contributed by atoms with van der Waals surface area (Å²) in [5, 5.41) is 3.27. The number of nitrogens with one attached hydrogen (secondary N) is 1. The number of nitrogens with zero attached hydrogens (tertiary/aromatic N) is 2. The van der Waals surface area contributed by atoms with Crippen LogP contribution in [0.3, 0.4) is 0 Å². The third-order valence-corrected chi connectivity index (χ3v) is 3.45. The van der Waals surface area contributed by atoms with Crippen LogP contribution in [0.5, 0.6) is 0 Å². The molecule has 4 nitrogen and oxygen atoms in total. The number of pyridine rings is 1. The Labute approximate surface area is 114 Å². The number of aromatic nitrogens is 1. The average Bonchev–Trinajstić information content (AvgIpc) is 2.46. The lowest BCUT2D eigenvalue weighted by Crippen LogP contribution is -2.52. The molecule has 0 aliphatic carbocycles. The maximum absolute atomic E-state index is 12.5. The Balaban J connectivity index is 1.81. The summed E-state index contributed by atoms with van der Waals surface area (Å²) in [7, 11) is 0. The van der Waals surface area contributed by atoms with Crippen LogP contribution in [-0.4, -0.2) is 42.2 Å². The third kappa shape index (κ3) is 2.58. The van der Waals surface area contributed by atoms with Crippen molar-refractivity contribution in [2.24, 2.45) is 0 Å². The number of halogens is 3. The van der Waals surface area contributed by atoms with Crippen LogP contribution in [0.15, 0.2) is 24.5 Å². The Morgan fingerprint density at radius 1 is 1.35 bits per heavy atom. The second-order valence-corrected chi connectivity index (χ2v) is 4.83. The highest BCUT2D eigenvalue weighted by atomic mass is 19.4. The van der Waals surface area contributed by atoms with E-state index in [0.29, 0.717) is 18.1 Å². The van der Waals surface area contributed by atoms with E-state index in [9.17, 15) is 13.2 Å². The molecule has 1 saturated heterocycles. The van der Waals surface area contributed by atoms with Gasteiger partial charge < -0.3 is 15.0 Å². The maximum atomic E-state index is 12.5. The van der Waals surface area contributed by atoms with Crippen LogP contribution in [0.4, 0.5) is 13.2 Å². The number of hydrogen-bond donors (Lipinski definition) is 1. The summed E-state index contributed by atoms with van der Waals surface area (Å²) >= 11 is 0. The maximum Gasteiger partial charge on any atom is 0.417 e. The second-order valence-electron chi connectivity index (χ2n) is 4.83. The molecule has 1 fully saturated rings. The Kier molecular flexibility index (Phi) is 3.29. The van der Waals surface area contributed by atoms with Crippen LogP contribution in [0.25, 0.3) is 5.76 Å². The summed E-state index contributed by atoms with van der Waals surface area (Å²) in [6.45, 7) is 3.12. The smallest absolute Gasteiger partial charge is 0.417 e. The molecule has 7 heteroatoms. The minimum absolute atomic E-state index is 0.280. The van der Waals surface area contributed by atoms with Gasteiger partial charge in [-0.25, -0.2) is 0 Å². The molecular weight excluding hydrogens is 271 g/mol. The summed E-state index contributed by atoms with van der Waals surface area (Å²) < 4.78 is 43.0. The standard InChI is InChI=1S/C13H14F3N3O/c14-13(15,16)9-1-2-11(18-5-9)12-7-19-4-3-17-6-10(19)8-20-12/h1-2,5,7,10,17H,3-4,6,8H2/t10-/m0/s1. The molecule has 0 spiro atoms. The van der Waals surface area contributed by atoms with Crippen molar-refractivity contribution in [1.29, 1.82) is 0 Å². The molecule has 0 unspecified atom stereocenters. The Bertz CT molecular complexity index is 513. The van der Waals surface area contributed by atoms with E-state index in [-0.39, 0.29) is 6.04 Å². The highest BCUT2D eigenvalue weighted by molar-refractivity contribution is 5.56. The van der Waals surface area contributed by atoms with E-state index in [4.69, 9.17) is 4.74 Å². The van der Waals surface area contributed by atoms with Crippen molar-refractivity contribution in [1.82, 2.24) is 15.2 Å². The number of alkyl halides is 3. The fourth-order valence-corrected chi connectivity index (χ4v) is 2.32. The molecule has 20 heavy (non-hydrogen) atoms. The highest BCUT2D eigenvalue weighted by Gasteiger charge is 2.31. The van der Waals surface area contributed by atoms with Crippen molar-refractivity contribution in [2.75, 3.05) is 26.2 Å². The first-order chi connectivity index (χ1) is 9.54. The van der Waals surface area contributed by atoms with Gasteiger partial charge in [-0.2, -0.15) is 13.2 Å². The topological polar surface area (TPSA) is 37.4 Å². The molecule has 2 aliphatic rings. The van der Waals surface area contributed by atoms with Gasteiger partial charge in [-0.05, 0) is 12.1 Å². The second kappa shape index (κ2) is 4.97. The van der Waals surface area contributed by atoms with E-state index >= 15 is 0 Å². The van der Waals surface area contributed by atoms with Gasteiger partial charge in [0.25, 0.3) is 0 Å². The molecule has 1 atom stereocenters. The predicted molar refractivity (Wildman–Crippen MR) is 66.5 cm³/mol. The van der Waals surface area contributed by atoms with E-state index in [0.717, 1.165) is 31.9 Å². The lowest BCUT2D eigenvalue weighted by atomic mass is 10.1. The fraction of sp³-hybridized carbons (Fsp3) is 0.462. The Hall–Kier alpha value is -1.76. The predicted octanol–water partition coefficient (Wildman–Crippen LogP) is 1.70. The molecule has 0 radical (unpaired) electrons. The Morgan fingerprint density at radius 2 is 2.20 bits per heavy atom. The molecule has 3 heterocycles. The van der Waals surface area contributed by atoms with E-state index in [1.807, 2.05) is 6.20 Å². The van der Waals surface area contributed by atoms with Gasteiger partial charge in [0.1, 0.15) is 12.3 Å². The molecule has 0 aromatic carbocycles. The number of ether oxygens (including phenoxy) is 1. The Morgan fingerprint density at radius 3 is 2.90 bits per heavy atom. The summed E-state index contributed by atoms with van der Waals surface area (Å²) in [5.41, 5.74) is -0.326. The zero-order chi connectivity index (χ0) is 14.2. The zero-order valence-electron chi connectivity index (χ0n) is 10.7. The first kappa shape index (κ1) is 13.2. The SMILES string of the molecule is FC(F)(F)c1ccc(C2=CN3CCNC[C@H]3CO2)nc1. The van der Waals surface area contributed by atoms with Crippen molar-refractivity contribution >= 4 is 5.76 Å². The highest BCUT2D eigenvalue weighted by Crippen LogP contribution is 2.30. The molecule has 108 valence electrons. The molecule has 1 N–H and O–H groups in total. The molecule has 1 aromatic heterocycles. The van der Waals surface area contributed by atoms with E-state index < -0.39 is 11.7 Å². The molecule has 3 rings (SSSR count). The first-order valence-electron chi connectivity index (χ1n) is 6.39. The minimum Gasteiger partial charge on any atom is -0.488 e. The molecule has 0 saturated carbocycles. The number of hydrogen-bond acceptors (Lipinski definition) is 4. The number of piperazine rings is 1. The first-order valence-corrected chi connectivity index (χ1v) is 6.39. The van der Waals surface area contributed by atoms with Crippen molar-refractivity contribution in [3.63, 3.8) is 0 Å². The van der Waals surface area contributed by atoms with Crippen molar-refractivity contribution < 1.29 is 17.9 Å². The third-order valence-electron chi connectivity index (χ3n) is 3.45. The van der Waals surface area contributed by atoms with Crippen molar-refractivity contribution in [2.45, 2.75) is 12.2 Å². The van der Waals surface area contributed by atoms with Crippen LogP contribution in [0.1, 0.15) is 11.3 Å². The van der Waals surface area contributed by atoms with Crippen LogP contribution in [-0.2, 0) is 10.9 Å². The van der Waals surface area contributed by atoms with E-state index in [1.165, 1.54) is 6.07 Å². The lowest BCUT2D eigenvalue weighted by molar-refractivity contribution is -0.137. The van der Waals surface area contributed by atoms with Crippen LogP contribution < -0.4 is 5.32 Å². The van der Waals surface area contributed by atoms with Crippen LogP contribution in [0.2, 0.25) is 0 Å². The minimum atomic E-state index is -4.36. The van der Waals surface area contributed by atoms with Gasteiger partial charge in [-0.3, -0.25) is 4.98 Å². The van der Waals surface area contributed by atoms with Gasteiger partial charge in [0.05, 0.1) is 11.6 Å². The van der Waals surface area contributed by atoms with Gasteiger partial charge >= 0.3 is 6.18 Å². The average molecular weight is 285 g/mol. The zero-order valence-corrected chi connectivity index (χ0v) is 10.7. The van der Waals surface area contributed by atoms with Gasteiger partial charge in [-0.1, -0.05) is 0 Å². The molecule has 0 amide bonds. The monoisotopic (exact) mass is 285 g/mol. The van der Waals surface area contributed by atoms with Gasteiger partial charge in [0, 0.05) is 32.0 Å². The molecular formula is C13H14F3N3O. The van der Waals surface area contributed by atoms with Crippen molar-refractivity contribution in [3.8, 4) is 0 Å². The van der Waals surface area contributed by atoms with Gasteiger partial charge in [0.2, 0.25) is 0 Å². The van der Waals surface area contributed by atoms with Gasteiger partial charge in [0.15, 0.2) is 5.76 Å². The van der Waals surface area contributed by atoms with Gasteiger partial charge in [-0.15, -0.1) is 0 Å². The summed E-state index contributed by atoms with van der Waals surface area (Å²) in [4.78, 5) is 6.00. The van der Waals surface area contributed by atoms with Crippen molar-refractivity contribution in [3.05, 3.63) is 35.8 Å². The fourth-order valence-electron chi connectivity index (χ4n) is 2.32. The molecule has 1 aromatic rings. The van der Waals surface area contributed by atoms with E-state index in [2.05, 4.69) is 15.2 Å². The van der Waals surface area contributed by atoms with E-state index in [1.54, 1.807) is 0 Å². The molecule has 2 aliphatic heterocycles. The van der Waals surface area contributed by atoms with Crippen LogP contribution in [0, 0.1) is 0 Å². The molecule has 0 bridgehead atoms. The quantitative estimate of drug-likeness (QED) is 0.852. The van der Waals surface area contributed by atoms with Crippen LogP contribution >= 0.6 is 0 Å². The largest absolute Gasteiger partial charge is 0.488 e. The summed E-state index contributed by atoms with van der Waals surface area (Å²) in [6, 6.07) is 2.65. The lowest BCUT2D eigenvalue weighted by Gasteiger charge is -2.38. The normalized spacial score (nSPS) is 22.9. The summed E-state index contributed by atoms with van der Waals surface area (Å²) in [6.07, 6.45) is -1.69. The summed E-state index contributed by atoms with van der Waals surface area (Å²) in [5.74, 6) is 0.525. The number of fused-ring (bicyclic) bond motifs is 1. The number of rotatable bonds is 1.